The number of aromatic nitrogens is 2. The van der Waals surface area contributed by atoms with E-state index in [4.69, 9.17) is 28.3 Å². The Morgan fingerprint density at radius 2 is 1.70 bits per heavy atom. The second-order valence-corrected chi connectivity index (χ2v) is 10.7. The van der Waals surface area contributed by atoms with Gasteiger partial charge in [-0.05, 0) is 55.2 Å². The van der Waals surface area contributed by atoms with Crippen molar-refractivity contribution >= 4 is 35.0 Å². The summed E-state index contributed by atoms with van der Waals surface area (Å²) in [7, 11) is 0. The van der Waals surface area contributed by atoms with Crippen LogP contribution in [0.15, 0.2) is 54.6 Å². The summed E-state index contributed by atoms with van der Waals surface area (Å²) in [6, 6.07) is 17.0. The molecule has 7 nitrogen and oxygen atoms in total. The maximum atomic E-state index is 12.9. The van der Waals surface area contributed by atoms with E-state index in [-0.39, 0.29) is 18.4 Å². The molecule has 3 aromatic rings. The van der Waals surface area contributed by atoms with E-state index in [0.29, 0.717) is 47.7 Å². The Hall–Kier alpha value is -2.87. The van der Waals surface area contributed by atoms with Gasteiger partial charge in [0.05, 0.1) is 24.5 Å². The Morgan fingerprint density at radius 1 is 0.973 bits per heavy atom. The summed E-state index contributed by atoms with van der Waals surface area (Å²) in [4.78, 5) is 29.6. The average molecular weight is 543 g/mol. The van der Waals surface area contributed by atoms with Gasteiger partial charge < -0.3 is 10.2 Å². The van der Waals surface area contributed by atoms with Crippen LogP contribution in [0.5, 0.6) is 0 Å². The van der Waals surface area contributed by atoms with Crippen LogP contribution in [0.4, 0.5) is 0 Å². The largest absolute Gasteiger partial charge is 0.349 e. The third-order valence-corrected chi connectivity index (χ3v) is 6.71. The van der Waals surface area contributed by atoms with Gasteiger partial charge in [-0.25, -0.2) is 4.68 Å². The van der Waals surface area contributed by atoms with Crippen molar-refractivity contribution in [3.63, 3.8) is 0 Å². The normalized spacial score (nSPS) is 14.6. The second kappa shape index (κ2) is 12.6. The Balaban J connectivity index is 1.31. The molecule has 9 heteroatoms. The van der Waals surface area contributed by atoms with E-state index in [0.717, 1.165) is 36.5 Å². The van der Waals surface area contributed by atoms with Gasteiger partial charge >= 0.3 is 0 Å². The zero-order valence-electron chi connectivity index (χ0n) is 21.3. The molecule has 0 bridgehead atoms. The fourth-order valence-electron chi connectivity index (χ4n) is 4.56. The molecule has 0 aliphatic carbocycles. The van der Waals surface area contributed by atoms with Crippen LogP contribution in [0.2, 0.25) is 10.0 Å². The number of hydrogen-bond donors (Lipinski definition) is 1. The third kappa shape index (κ3) is 7.57. The van der Waals surface area contributed by atoms with Crippen molar-refractivity contribution in [3.8, 4) is 5.69 Å². The highest BCUT2D eigenvalue weighted by molar-refractivity contribution is 6.35. The summed E-state index contributed by atoms with van der Waals surface area (Å²) in [5, 5.41) is 8.66. The number of carbonyl (C=O) groups excluding carboxylic acids is 2. The van der Waals surface area contributed by atoms with Crippen LogP contribution < -0.4 is 5.32 Å². The van der Waals surface area contributed by atoms with Crippen molar-refractivity contribution < 1.29 is 9.59 Å². The number of amides is 2. The Kier molecular flexibility index (Phi) is 9.24. The number of nitrogens with one attached hydrogen (secondary N) is 1. The van der Waals surface area contributed by atoms with Crippen LogP contribution in [0.1, 0.15) is 42.0 Å². The number of carbonyl (C=O) groups is 2. The zero-order chi connectivity index (χ0) is 26.4. The molecule has 1 fully saturated rings. The van der Waals surface area contributed by atoms with Crippen molar-refractivity contribution in [2.75, 3.05) is 32.7 Å². The van der Waals surface area contributed by atoms with E-state index < -0.39 is 0 Å². The lowest BCUT2D eigenvalue weighted by Gasteiger charge is -2.22. The van der Waals surface area contributed by atoms with Gasteiger partial charge in [0.2, 0.25) is 5.91 Å². The number of rotatable bonds is 8. The lowest BCUT2D eigenvalue weighted by Crippen LogP contribution is -2.40. The summed E-state index contributed by atoms with van der Waals surface area (Å²) in [6.45, 7) is 7.55. The van der Waals surface area contributed by atoms with Crippen LogP contribution >= 0.6 is 23.2 Å². The van der Waals surface area contributed by atoms with Crippen molar-refractivity contribution in [1.29, 1.82) is 0 Å². The summed E-state index contributed by atoms with van der Waals surface area (Å²) in [6.07, 6.45) is 1.69. The predicted molar refractivity (Wildman–Crippen MR) is 147 cm³/mol. The minimum Gasteiger partial charge on any atom is -0.349 e. The van der Waals surface area contributed by atoms with E-state index in [1.807, 2.05) is 35.0 Å². The lowest BCUT2D eigenvalue weighted by atomic mass is 10.1. The zero-order valence-corrected chi connectivity index (χ0v) is 22.8. The van der Waals surface area contributed by atoms with Crippen LogP contribution in [0, 0.1) is 5.92 Å². The molecule has 2 amide bonds. The number of halogens is 2. The van der Waals surface area contributed by atoms with Gasteiger partial charge in [0.25, 0.3) is 5.91 Å². The highest BCUT2D eigenvalue weighted by Gasteiger charge is 2.22. The molecule has 196 valence electrons. The molecule has 2 heterocycles. The fourth-order valence-corrected chi connectivity index (χ4v) is 5.08. The molecule has 37 heavy (non-hydrogen) atoms. The molecular formula is C28H33Cl2N5O2. The van der Waals surface area contributed by atoms with Gasteiger partial charge in [-0.1, -0.05) is 55.2 Å². The van der Waals surface area contributed by atoms with E-state index in [1.165, 1.54) is 0 Å². The molecule has 1 N–H and O–H groups in total. The SMILES string of the molecule is CC(C)Cc1cc(CNC(=O)CN2CCCN(C(=O)c3cc(Cl)cc(Cl)c3)CC2)nn1-c1ccccc1. The first-order chi connectivity index (χ1) is 17.8. The van der Waals surface area contributed by atoms with Gasteiger partial charge in [0.15, 0.2) is 0 Å². The van der Waals surface area contributed by atoms with Crippen LogP contribution in [-0.4, -0.2) is 64.1 Å². The highest BCUT2D eigenvalue weighted by Crippen LogP contribution is 2.21. The maximum Gasteiger partial charge on any atom is 0.254 e. The van der Waals surface area contributed by atoms with Crippen molar-refractivity contribution in [2.24, 2.45) is 5.92 Å². The Labute approximate surface area is 228 Å². The molecule has 0 radical (unpaired) electrons. The molecule has 0 spiro atoms. The smallest absolute Gasteiger partial charge is 0.254 e. The molecule has 0 unspecified atom stereocenters. The monoisotopic (exact) mass is 541 g/mol. The van der Waals surface area contributed by atoms with E-state index in [9.17, 15) is 9.59 Å². The summed E-state index contributed by atoms with van der Waals surface area (Å²) in [5.74, 6) is 0.343. The quantitative estimate of drug-likeness (QED) is 0.442. The number of nitrogens with zero attached hydrogens (tertiary/aromatic N) is 4. The van der Waals surface area contributed by atoms with Gasteiger partial charge in [0.1, 0.15) is 0 Å². The molecule has 1 aromatic heterocycles. The van der Waals surface area contributed by atoms with E-state index in [1.54, 1.807) is 23.1 Å². The second-order valence-electron chi connectivity index (χ2n) is 9.83. The first kappa shape index (κ1) is 27.2. The minimum absolute atomic E-state index is 0.0546. The third-order valence-electron chi connectivity index (χ3n) is 6.27. The van der Waals surface area contributed by atoms with Crippen molar-refractivity contribution in [3.05, 3.63) is 81.6 Å². The van der Waals surface area contributed by atoms with E-state index >= 15 is 0 Å². The van der Waals surface area contributed by atoms with Gasteiger partial charge in [-0.15, -0.1) is 0 Å². The van der Waals surface area contributed by atoms with Crippen LogP contribution in [0.3, 0.4) is 0 Å². The molecule has 2 aromatic carbocycles. The molecule has 1 aliphatic rings. The molecule has 4 rings (SSSR count). The topological polar surface area (TPSA) is 70.5 Å². The van der Waals surface area contributed by atoms with Crippen molar-refractivity contribution in [1.82, 2.24) is 24.9 Å². The van der Waals surface area contributed by atoms with Crippen molar-refractivity contribution in [2.45, 2.75) is 33.2 Å². The minimum atomic E-state index is -0.0955. The lowest BCUT2D eigenvalue weighted by molar-refractivity contribution is -0.122. The number of hydrogen-bond acceptors (Lipinski definition) is 4. The fraction of sp³-hybridized carbons (Fsp3) is 0.393. The Bertz CT molecular complexity index is 1210. The van der Waals surface area contributed by atoms with Gasteiger partial charge in [-0.2, -0.15) is 5.10 Å². The van der Waals surface area contributed by atoms with Crippen LogP contribution in [0.25, 0.3) is 5.69 Å². The summed E-state index contributed by atoms with van der Waals surface area (Å²) in [5.41, 5.74) is 3.46. The number of benzene rings is 2. The molecule has 1 aliphatic heterocycles. The molecular weight excluding hydrogens is 509 g/mol. The highest BCUT2D eigenvalue weighted by atomic mass is 35.5. The van der Waals surface area contributed by atoms with Crippen LogP contribution in [-0.2, 0) is 17.8 Å². The summed E-state index contributed by atoms with van der Waals surface area (Å²) >= 11 is 12.1. The van der Waals surface area contributed by atoms with Gasteiger partial charge in [-0.3, -0.25) is 14.5 Å². The standard InChI is InChI=1S/C28H33Cl2N5O2/c1-20(2)13-26-17-24(32-35(26)25-7-4-3-5-8-25)18-31-27(36)19-33-9-6-10-34(12-11-33)28(37)21-14-22(29)16-23(30)15-21/h3-5,7-8,14-17,20H,6,9-13,18-19H2,1-2H3,(H,31,36). The molecule has 1 saturated heterocycles. The van der Waals surface area contributed by atoms with E-state index in [2.05, 4.69) is 30.1 Å². The predicted octanol–water partition coefficient (Wildman–Crippen LogP) is 4.84. The number of para-hydroxylation sites is 1. The molecule has 0 saturated carbocycles. The first-order valence-electron chi connectivity index (χ1n) is 12.7. The maximum absolute atomic E-state index is 12.9. The average Bonchev–Trinajstić information content (AvgIpc) is 3.10. The summed E-state index contributed by atoms with van der Waals surface area (Å²) < 4.78 is 1.97. The van der Waals surface area contributed by atoms with Gasteiger partial charge in [0, 0.05) is 47.5 Å². The first-order valence-corrected chi connectivity index (χ1v) is 13.4. The molecule has 0 atom stereocenters. The Morgan fingerprint density at radius 3 is 2.41 bits per heavy atom.